The third kappa shape index (κ3) is 13.6. The van der Waals surface area contributed by atoms with E-state index in [9.17, 15) is 0 Å². The fourth-order valence-electron chi connectivity index (χ4n) is 23.2. The Kier molecular flexibility index (Phi) is 20.2. The van der Waals surface area contributed by atoms with Crippen LogP contribution in [0.25, 0.3) is 45.6 Å². The van der Waals surface area contributed by atoms with Crippen LogP contribution in [0.5, 0.6) is 0 Å². The third-order valence-corrected chi connectivity index (χ3v) is 36.4. The molecule has 3 saturated carbocycles. The second kappa shape index (κ2) is 27.3. The van der Waals surface area contributed by atoms with E-state index in [1.165, 1.54) is 147 Å². The highest BCUT2D eigenvalue weighted by molar-refractivity contribution is 6.82. The minimum Gasteiger partial charge on any atom is -0.0773 e. The predicted molar refractivity (Wildman–Crippen MR) is 450 cm³/mol. The minimum absolute atomic E-state index is 0.0627. The van der Waals surface area contributed by atoms with Gasteiger partial charge < -0.3 is 0 Å². The Labute approximate surface area is 618 Å². The molecule has 0 spiro atoms. The molecule has 536 valence electrons. The number of benzene rings is 6. The molecule has 2 heteroatoms. The lowest BCUT2D eigenvalue weighted by atomic mass is 9.69. The molecule has 0 heterocycles. The van der Waals surface area contributed by atoms with E-state index in [1.807, 2.05) is 0 Å². The van der Waals surface area contributed by atoms with Gasteiger partial charge in [0.15, 0.2) is 0 Å². The van der Waals surface area contributed by atoms with Crippen LogP contribution >= 0.6 is 0 Å². The van der Waals surface area contributed by atoms with Gasteiger partial charge >= 0.3 is 0 Å². The smallest absolute Gasteiger partial charge is 0.0722 e. The molecule has 0 bridgehead atoms. The average Bonchev–Trinajstić information content (AvgIpc) is 1.58. The van der Waals surface area contributed by atoms with Gasteiger partial charge in [0.05, 0.1) is 16.1 Å². The van der Waals surface area contributed by atoms with Crippen molar-refractivity contribution in [3.63, 3.8) is 0 Å². The summed E-state index contributed by atoms with van der Waals surface area (Å²) in [4.78, 5) is 0. The molecular weight excluding hydrogens is 1250 g/mol. The minimum atomic E-state index is -2.04. The van der Waals surface area contributed by atoms with Gasteiger partial charge in [-0.15, -0.1) is 0 Å². The number of allylic oxidation sites excluding steroid dienone is 10. The summed E-state index contributed by atoms with van der Waals surface area (Å²) >= 11 is 0. The van der Waals surface area contributed by atoms with Crippen LogP contribution in [0.2, 0.25) is 37.3 Å². The Bertz CT molecular complexity index is 4360. The fraction of sp³-hybridized carbons (Fsp3) is 0.515. The lowest BCUT2D eigenvalue weighted by Gasteiger charge is -2.47. The monoisotopic (exact) mass is 1380 g/mol. The van der Waals surface area contributed by atoms with Gasteiger partial charge in [0.1, 0.15) is 0 Å². The molecule has 0 N–H and O–H groups in total. The summed E-state index contributed by atoms with van der Waals surface area (Å²) in [6, 6.07) is 39.2. The number of hydrogen-bond acceptors (Lipinski definition) is 0. The number of fused-ring (bicyclic) bond motifs is 6. The Balaban J connectivity index is 0.000000184. The SMILES string of the molecule is CC1=C(c2cc(C)cc(C)c2)C2CC(C)C([Si](C)(C)C3C(C)CC4C(c5ccc(C(C)(C)C)cc5)=C5CCCC5=CC43)C2C=C1C(C)(C)C.CC1=Cc2c(cc(C(C)(C)C)c(C)c2-c2cc(C)cc(C)c2)C1[Si](C)(C)C1C(C)=Cc2c1cc1c(c2-c2ccc(C(C)(C)C)cc2)CCC1.CCC. The fourth-order valence-corrected chi connectivity index (χ4v) is 34.4. The summed E-state index contributed by atoms with van der Waals surface area (Å²) in [5, 5.41) is 0. The van der Waals surface area contributed by atoms with Gasteiger partial charge in [-0.25, -0.2) is 0 Å². The van der Waals surface area contributed by atoms with Crippen LogP contribution in [-0.4, -0.2) is 16.1 Å². The van der Waals surface area contributed by atoms with Crippen molar-refractivity contribution in [1.29, 1.82) is 0 Å². The summed E-state index contributed by atoms with van der Waals surface area (Å²) in [6.07, 6.45) is 22.4. The molecule has 6 aromatic carbocycles. The Morgan fingerprint density at radius 1 is 0.436 bits per heavy atom. The van der Waals surface area contributed by atoms with Gasteiger partial charge in [-0.2, -0.15) is 0 Å². The molecule has 0 aliphatic heterocycles. The van der Waals surface area contributed by atoms with Crippen molar-refractivity contribution < 1.29 is 0 Å². The predicted octanol–water partition coefficient (Wildman–Crippen LogP) is 28.9. The van der Waals surface area contributed by atoms with Crippen molar-refractivity contribution in [2.45, 2.75) is 289 Å². The molecule has 6 aromatic rings. The number of aryl methyl sites for hydroxylation is 5. The first-order valence-corrected chi connectivity index (χ1v) is 46.5. The summed E-state index contributed by atoms with van der Waals surface area (Å²) in [5.74, 6) is 4.18. The van der Waals surface area contributed by atoms with Gasteiger partial charge in [-0.1, -0.05) is 298 Å². The zero-order chi connectivity index (χ0) is 73.4. The highest BCUT2D eigenvalue weighted by Gasteiger charge is 2.59. The molecule has 0 radical (unpaired) electrons. The number of rotatable bonds is 8. The van der Waals surface area contributed by atoms with E-state index >= 15 is 0 Å². The Morgan fingerprint density at radius 3 is 1.39 bits per heavy atom. The molecule has 101 heavy (non-hydrogen) atoms. The van der Waals surface area contributed by atoms with Crippen molar-refractivity contribution in [3.05, 3.63) is 232 Å². The quantitative estimate of drug-likeness (QED) is 0.133. The third-order valence-electron chi connectivity index (χ3n) is 26.5. The van der Waals surface area contributed by atoms with Crippen LogP contribution in [0.15, 0.2) is 143 Å². The van der Waals surface area contributed by atoms with Crippen LogP contribution < -0.4 is 0 Å². The van der Waals surface area contributed by atoms with Crippen molar-refractivity contribution >= 4 is 39.4 Å². The van der Waals surface area contributed by atoms with Gasteiger partial charge in [-0.3, -0.25) is 0 Å². The molecule has 3 fully saturated rings. The number of hydrogen-bond donors (Lipinski definition) is 0. The maximum Gasteiger partial charge on any atom is 0.0722 e. The van der Waals surface area contributed by atoms with E-state index in [1.54, 1.807) is 66.8 Å². The van der Waals surface area contributed by atoms with Gasteiger partial charge in [0.25, 0.3) is 0 Å². The molecule has 10 atom stereocenters. The Hall–Kier alpha value is -5.81. The second-order valence-electron chi connectivity index (χ2n) is 39.5. The van der Waals surface area contributed by atoms with Gasteiger partial charge in [-0.05, 0) is 297 Å². The Morgan fingerprint density at radius 2 is 0.891 bits per heavy atom. The van der Waals surface area contributed by atoms with E-state index in [-0.39, 0.29) is 21.7 Å². The molecule has 0 nitrogen and oxygen atoms in total. The highest BCUT2D eigenvalue weighted by Crippen LogP contribution is 2.68. The normalized spacial score (nSPS) is 24.7. The van der Waals surface area contributed by atoms with E-state index in [0.29, 0.717) is 34.8 Å². The zero-order valence-electron chi connectivity index (χ0n) is 68.7. The van der Waals surface area contributed by atoms with Crippen LogP contribution in [-0.2, 0) is 29.1 Å². The lowest BCUT2D eigenvalue weighted by molar-refractivity contribution is 0.464. The van der Waals surface area contributed by atoms with Gasteiger partial charge in [0, 0.05) is 11.1 Å². The molecule has 0 aromatic heterocycles. The van der Waals surface area contributed by atoms with Crippen LogP contribution in [0, 0.1) is 75.5 Å². The molecule has 10 unspecified atom stereocenters. The maximum absolute atomic E-state index is 2.88. The molecule has 0 amide bonds. The standard InChI is InChI=1S/C48H66Si.C48H58Si.C3H8/c2*1-28-21-29(2)23-35(22-28)43-32(5)42(48(9,10)11)27-41-38(43)24-30(3)46(41)49(12,13)45-31(4)25-39-40(45)26-34-15-14-16-37(34)44(39)33-17-19-36(20-18-33)47(6,7)8;1-3-2/h17-23,26-27,30-31,38-41,45-46H,14-16,24-25H2,1-13H3;17-27,45-46H,14-16H2,1-13H3;3H2,1-2H3. The summed E-state index contributed by atoms with van der Waals surface area (Å²) in [5.41, 5.74) is 45.8. The molecule has 8 aliphatic carbocycles. The van der Waals surface area contributed by atoms with Crippen molar-refractivity contribution in [3.8, 4) is 22.3 Å². The first-order valence-electron chi connectivity index (χ1n) is 40.2. The molecule has 0 saturated heterocycles. The summed E-state index contributed by atoms with van der Waals surface area (Å²) in [7, 11) is -3.82. The second-order valence-corrected chi connectivity index (χ2v) is 49.2. The first kappa shape index (κ1) is 74.9. The van der Waals surface area contributed by atoms with Gasteiger partial charge in [0.2, 0.25) is 0 Å². The van der Waals surface area contributed by atoms with E-state index < -0.39 is 16.1 Å². The molecular formula is C99H132Si2. The van der Waals surface area contributed by atoms with Crippen LogP contribution in [0.1, 0.15) is 277 Å². The largest absolute Gasteiger partial charge is 0.0773 e. The van der Waals surface area contributed by atoms with Crippen molar-refractivity contribution in [2.24, 2.45) is 40.9 Å². The summed E-state index contributed by atoms with van der Waals surface area (Å²) in [6.45, 7) is 68.0. The lowest BCUT2D eigenvalue weighted by Crippen LogP contribution is -2.46. The molecule has 14 rings (SSSR count). The zero-order valence-corrected chi connectivity index (χ0v) is 70.7. The van der Waals surface area contributed by atoms with Crippen molar-refractivity contribution in [1.82, 2.24) is 0 Å². The van der Waals surface area contributed by atoms with Crippen molar-refractivity contribution in [2.75, 3.05) is 0 Å². The van der Waals surface area contributed by atoms with E-state index in [2.05, 4.69) is 314 Å². The maximum atomic E-state index is 2.88. The highest BCUT2D eigenvalue weighted by atomic mass is 28.3. The van der Waals surface area contributed by atoms with Crippen LogP contribution in [0.4, 0.5) is 0 Å². The molecule has 8 aliphatic rings. The first-order chi connectivity index (χ1) is 47.2. The summed E-state index contributed by atoms with van der Waals surface area (Å²) < 4.78 is 0. The topological polar surface area (TPSA) is 0 Å². The van der Waals surface area contributed by atoms with E-state index in [4.69, 9.17) is 0 Å². The van der Waals surface area contributed by atoms with Crippen LogP contribution in [0.3, 0.4) is 0 Å². The average molecular weight is 1380 g/mol. The van der Waals surface area contributed by atoms with E-state index in [0.717, 1.165) is 22.9 Å².